The molecule has 1 saturated carbocycles. The second-order valence-electron chi connectivity index (χ2n) is 10.1. The van der Waals surface area contributed by atoms with Gasteiger partial charge in [0.05, 0.1) is 5.92 Å². The summed E-state index contributed by atoms with van der Waals surface area (Å²) in [6.45, 7) is 4.12. The molecule has 2 amide bonds. The van der Waals surface area contributed by atoms with Crippen molar-refractivity contribution in [2.45, 2.75) is 51.5 Å². The summed E-state index contributed by atoms with van der Waals surface area (Å²) in [5.74, 6) is -1.41. The van der Waals surface area contributed by atoms with Gasteiger partial charge < -0.3 is 20.5 Å². The molecule has 3 N–H and O–H groups in total. The first-order chi connectivity index (χ1) is 16.8. The summed E-state index contributed by atoms with van der Waals surface area (Å²) in [5, 5.41) is 14.9. The lowest BCUT2D eigenvalue weighted by atomic mass is 9.97. The third kappa shape index (κ3) is 6.21. The molecule has 4 rings (SSSR count). The molecule has 7 nitrogen and oxygen atoms in total. The van der Waals surface area contributed by atoms with Gasteiger partial charge in [-0.3, -0.25) is 9.59 Å². The van der Waals surface area contributed by atoms with Crippen molar-refractivity contribution in [3.63, 3.8) is 0 Å². The molecule has 2 aliphatic rings. The number of ether oxygens (including phenoxy) is 1. The summed E-state index contributed by atoms with van der Waals surface area (Å²) in [7, 11) is 0. The van der Waals surface area contributed by atoms with Gasteiger partial charge in [-0.05, 0) is 46.9 Å². The molecule has 0 saturated heterocycles. The van der Waals surface area contributed by atoms with Crippen molar-refractivity contribution in [3.05, 3.63) is 59.7 Å². The SMILES string of the molecule is CC(C)CC(CNC(=O)C(CC1CC1)NC(=O)OCC1c2ccccc2-c2ccccc21)C(=O)O. The number of aliphatic carboxylic acids is 1. The van der Waals surface area contributed by atoms with Crippen LogP contribution >= 0.6 is 0 Å². The predicted molar refractivity (Wildman–Crippen MR) is 133 cm³/mol. The van der Waals surface area contributed by atoms with E-state index in [1.165, 1.54) is 0 Å². The maximum Gasteiger partial charge on any atom is 0.407 e. The Balaban J connectivity index is 1.36. The van der Waals surface area contributed by atoms with Gasteiger partial charge in [0.15, 0.2) is 0 Å². The van der Waals surface area contributed by atoms with Gasteiger partial charge in [-0.15, -0.1) is 0 Å². The van der Waals surface area contributed by atoms with Crippen LogP contribution in [0.4, 0.5) is 4.79 Å². The third-order valence-electron chi connectivity index (χ3n) is 6.85. The Morgan fingerprint density at radius 2 is 1.60 bits per heavy atom. The van der Waals surface area contributed by atoms with Gasteiger partial charge in [-0.2, -0.15) is 0 Å². The first-order valence-corrected chi connectivity index (χ1v) is 12.5. The minimum absolute atomic E-state index is 0.0416. The molecule has 7 heteroatoms. The van der Waals surface area contributed by atoms with Crippen LogP contribution in [0.1, 0.15) is 56.6 Å². The van der Waals surface area contributed by atoms with E-state index >= 15 is 0 Å². The second kappa shape index (κ2) is 10.9. The number of carboxylic acid groups (broad SMARTS) is 1. The summed E-state index contributed by atoms with van der Waals surface area (Å²) < 4.78 is 5.61. The summed E-state index contributed by atoms with van der Waals surface area (Å²) in [5.41, 5.74) is 4.55. The highest BCUT2D eigenvalue weighted by Crippen LogP contribution is 2.44. The summed E-state index contributed by atoms with van der Waals surface area (Å²) >= 11 is 0. The quantitative estimate of drug-likeness (QED) is 0.439. The van der Waals surface area contributed by atoms with E-state index in [9.17, 15) is 19.5 Å². The fourth-order valence-electron chi connectivity index (χ4n) is 4.89. The Kier molecular flexibility index (Phi) is 7.73. The van der Waals surface area contributed by atoms with Gasteiger partial charge in [0.1, 0.15) is 12.6 Å². The largest absolute Gasteiger partial charge is 0.481 e. The van der Waals surface area contributed by atoms with Crippen molar-refractivity contribution in [1.82, 2.24) is 10.6 Å². The van der Waals surface area contributed by atoms with Crippen LogP contribution in [-0.2, 0) is 14.3 Å². The van der Waals surface area contributed by atoms with E-state index < -0.39 is 24.0 Å². The highest BCUT2D eigenvalue weighted by molar-refractivity contribution is 5.86. The molecule has 0 heterocycles. The maximum atomic E-state index is 12.9. The molecule has 0 spiro atoms. The third-order valence-corrected chi connectivity index (χ3v) is 6.85. The lowest BCUT2D eigenvalue weighted by Crippen LogP contribution is -2.48. The molecule has 0 bridgehead atoms. The first-order valence-electron chi connectivity index (χ1n) is 12.5. The normalized spacial score (nSPS) is 16.2. The smallest absolute Gasteiger partial charge is 0.407 e. The van der Waals surface area contributed by atoms with Crippen molar-refractivity contribution >= 4 is 18.0 Å². The van der Waals surface area contributed by atoms with Crippen LogP contribution in [0.15, 0.2) is 48.5 Å². The lowest BCUT2D eigenvalue weighted by molar-refractivity contribution is -0.142. The highest BCUT2D eigenvalue weighted by atomic mass is 16.5. The average Bonchev–Trinajstić information content (AvgIpc) is 3.60. The molecule has 2 aromatic rings. The Hall–Kier alpha value is -3.35. The van der Waals surface area contributed by atoms with Crippen molar-refractivity contribution in [2.24, 2.45) is 17.8 Å². The van der Waals surface area contributed by atoms with Gasteiger partial charge in [0, 0.05) is 12.5 Å². The van der Waals surface area contributed by atoms with E-state index in [-0.39, 0.29) is 30.9 Å². The molecule has 0 aromatic heterocycles. The minimum atomic E-state index is -0.928. The lowest BCUT2D eigenvalue weighted by Gasteiger charge is -2.21. The topological polar surface area (TPSA) is 105 Å². The van der Waals surface area contributed by atoms with Gasteiger partial charge in [0.25, 0.3) is 0 Å². The molecular weight excluding hydrogens is 444 g/mol. The molecule has 2 aliphatic carbocycles. The molecule has 2 aromatic carbocycles. The average molecular weight is 479 g/mol. The van der Waals surface area contributed by atoms with Crippen LogP contribution in [0.5, 0.6) is 0 Å². The highest BCUT2D eigenvalue weighted by Gasteiger charge is 2.33. The first kappa shape index (κ1) is 24.8. The molecule has 0 radical (unpaired) electrons. The van der Waals surface area contributed by atoms with E-state index in [1.54, 1.807) is 0 Å². The number of nitrogens with one attached hydrogen (secondary N) is 2. The van der Waals surface area contributed by atoms with Gasteiger partial charge >= 0.3 is 12.1 Å². The van der Waals surface area contributed by atoms with E-state index in [0.717, 1.165) is 35.1 Å². The van der Waals surface area contributed by atoms with Crippen molar-refractivity contribution < 1.29 is 24.2 Å². The molecule has 2 unspecified atom stereocenters. The van der Waals surface area contributed by atoms with Crippen molar-refractivity contribution in [2.75, 3.05) is 13.2 Å². The second-order valence-corrected chi connectivity index (χ2v) is 10.1. The number of benzene rings is 2. The van der Waals surface area contributed by atoms with Crippen LogP contribution < -0.4 is 10.6 Å². The monoisotopic (exact) mass is 478 g/mol. The van der Waals surface area contributed by atoms with Gasteiger partial charge in [-0.25, -0.2) is 4.79 Å². The van der Waals surface area contributed by atoms with E-state index in [2.05, 4.69) is 34.9 Å². The molecule has 35 heavy (non-hydrogen) atoms. The summed E-state index contributed by atoms with van der Waals surface area (Å²) in [6.07, 6.45) is 2.42. The summed E-state index contributed by atoms with van der Waals surface area (Å²) in [6, 6.07) is 15.5. The summed E-state index contributed by atoms with van der Waals surface area (Å²) in [4.78, 5) is 37.1. The van der Waals surface area contributed by atoms with Crippen LogP contribution in [0.3, 0.4) is 0 Å². The van der Waals surface area contributed by atoms with Crippen LogP contribution in [0, 0.1) is 17.8 Å². The number of fused-ring (bicyclic) bond motifs is 3. The zero-order valence-electron chi connectivity index (χ0n) is 20.3. The maximum absolute atomic E-state index is 12.9. The zero-order valence-corrected chi connectivity index (χ0v) is 20.3. The Bertz CT molecular complexity index is 1030. The van der Waals surface area contributed by atoms with E-state index in [4.69, 9.17) is 4.74 Å². The number of carbonyl (C=O) groups is 3. The van der Waals surface area contributed by atoms with Crippen molar-refractivity contribution in [3.8, 4) is 11.1 Å². The number of hydrogen-bond donors (Lipinski definition) is 3. The van der Waals surface area contributed by atoms with Gasteiger partial charge in [0.2, 0.25) is 5.91 Å². The minimum Gasteiger partial charge on any atom is -0.481 e. The zero-order chi connectivity index (χ0) is 24.9. The van der Waals surface area contributed by atoms with Gasteiger partial charge in [-0.1, -0.05) is 75.2 Å². The Labute approximate surface area is 206 Å². The fourth-order valence-corrected chi connectivity index (χ4v) is 4.89. The number of rotatable bonds is 11. The van der Waals surface area contributed by atoms with Crippen LogP contribution in [0.2, 0.25) is 0 Å². The Morgan fingerprint density at radius 1 is 1.00 bits per heavy atom. The number of carbonyl (C=O) groups excluding carboxylic acids is 2. The Morgan fingerprint density at radius 3 is 2.14 bits per heavy atom. The van der Waals surface area contributed by atoms with Crippen molar-refractivity contribution in [1.29, 1.82) is 0 Å². The van der Waals surface area contributed by atoms with Crippen LogP contribution in [-0.4, -0.2) is 42.3 Å². The number of alkyl carbamates (subject to hydrolysis) is 1. The van der Waals surface area contributed by atoms with E-state index in [1.807, 2.05) is 38.1 Å². The molecule has 0 aliphatic heterocycles. The van der Waals surface area contributed by atoms with Crippen LogP contribution in [0.25, 0.3) is 11.1 Å². The number of carboxylic acids is 1. The fraction of sp³-hybridized carbons (Fsp3) is 0.464. The predicted octanol–water partition coefficient (Wildman–Crippen LogP) is 4.56. The molecule has 186 valence electrons. The van der Waals surface area contributed by atoms with E-state index in [0.29, 0.717) is 18.8 Å². The number of amides is 2. The standard InChI is InChI=1S/C28H34N2O5/c1-17(2)13-19(27(32)33)15-29-26(31)25(14-18-11-12-18)30-28(34)35-16-24-22-9-5-3-7-20(22)21-8-4-6-10-23(21)24/h3-10,17-19,24-25H,11-16H2,1-2H3,(H,29,31)(H,30,34)(H,32,33). The molecule has 2 atom stereocenters. The molecular formula is C28H34N2O5. The molecule has 1 fully saturated rings. The number of hydrogen-bond acceptors (Lipinski definition) is 4.